The molecule has 3 rings (SSSR count). The molecule has 2 heteroatoms. The van der Waals surface area contributed by atoms with Crippen LogP contribution < -0.4 is 4.74 Å². The van der Waals surface area contributed by atoms with Crippen LogP contribution in [0.5, 0.6) is 5.75 Å². The topological polar surface area (TPSA) is 26.3 Å². The van der Waals surface area contributed by atoms with E-state index in [1.807, 2.05) is 0 Å². The molecule has 90 valence electrons. The number of ketones is 1. The lowest BCUT2D eigenvalue weighted by Crippen LogP contribution is -2.15. The molecule has 0 amide bonds. The van der Waals surface area contributed by atoms with Crippen molar-refractivity contribution in [1.29, 1.82) is 0 Å². The first-order valence-electron chi connectivity index (χ1n) is 6.57. The van der Waals surface area contributed by atoms with Crippen molar-refractivity contribution >= 4 is 5.78 Å². The summed E-state index contributed by atoms with van der Waals surface area (Å²) in [6.45, 7) is 0.830. The average Bonchev–Trinajstić information content (AvgIpc) is 2.79. The highest BCUT2D eigenvalue weighted by molar-refractivity contribution is 5.79. The van der Waals surface area contributed by atoms with Crippen LogP contribution in [-0.2, 0) is 17.6 Å². The molecule has 0 N–H and O–H groups in total. The van der Waals surface area contributed by atoms with E-state index in [1.165, 1.54) is 11.1 Å². The van der Waals surface area contributed by atoms with E-state index in [2.05, 4.69) is 18.2 Å². The van der Waals surface area contributed by atoms with Crippen LogP contribution >= 0.6 is 0 Å². The van der Waals surface area contributed by atoms with Crippen LogP contribution in [0.1, 0.15) is 36.8 Å². The highest BCUT2D eigenvalue weighted by atomic mass is 16.5. The molecule has 0 radical (unpaired) electrons. The van der Waals surface area contributed by atoms with E-state index in [4.69, 9.17) is 4.74 Å². The Morgan fingerprint density at radius 3 is 2.82 bits per heavy atom. The fourth-order valence-electron chi connectivity index (χ4n) is 2.90. The minimum absolute atomic E-state index is 0.448. The average molecular weight is 230 g/mol. The third-order valence-corrected chi connectivity index (χ3v) is 3.94. The van der Waals surface area contributed by atoms with Crippen LogP contribution in [0.15, 0.2) is 18.2 Å². The van der Waals surface area contributed by atoms with Crippen LogP contribution in [0, 0.1) is 5.92 Å². The number of hydrogen-bond acceptors (Lipinski definition) is 2. The Bertz CT molecular complexity index is 427. The summed E-state index contributed by atoms with van der Waals surface area (Å²) in [5, 5.41) is 0. The molecule has 1 fully saturated rings. The second-order valence-electron chi connectivity index (χ2n) is 5.23. The highest BCUT2D eigenvalue weighted by Crippen LogP contribution is 2.29. The first-order valence-corrected chi connectivity index (χ1v) is 6.57. The van der Waals surface area contributed by atoms with E-state index in [0.29, 0.717) is 11.7 Å². The number of fused-ring (bicyclic) bond motifs is 1. The van der Waals surface area contributed by atoms with E-state index < -0.39 is 0 Å². The lowest BCUT2D eigenvalue weighted by Gasteiger charge is -2.21. The molecule has 1 aromatic carbocycles. The maximum absolute atomic E-state index is 11.2. The largest absolute Gasteiger partial charge is 0.493 e. The Kier molecular flexibility index (Phi) is 2.87. The third kappa shape index (κ3) is 2.36. The van der Waals surface area contributed by atoms with Gasteiger partial charge in [0, 0.05) is 19.3 Å². The van der Waals surface area contributed by atoms with Gasteiger partial charge in [-0.15, -0.1) is 0 Å². The number of Topliss-reactive ketones (excluding diaryl/α,β-unsaturated/α-hetero) is 1. The van der Waals surface area contributed by atoms with Gasteiger partial charge in [-0.2, -0.15) is 0 Å². The minimum atomic E-state index is 0.448. The lowest BCUT2D eigenvalue weighted by molar-refractivity contribution is -0.121. The fraction of sp³-hybridized carbons (Fsp3) is 0.533. The zero-order chi connectivity index (χ0) is 11.7. The van der Waals surface area contributed by atoms with E-state index >= 15 is 0 Å². The SMILES string of the molecule is O=C1CCC(Cc2ccc3c(c2)CCO3)CC1. The van der Waals surface area contributed by atoms with Gasteiger partial charge in [0.25, 0.3) is 0 Å². The second kappa shape index (κ2) is 4.52. The quantitative estimate of drug-likeness (QED) is 0.781. The molecule has 17 heavy (non-hydrogen) atoms. The van der Waals surface area contributed by atoms with Crippen LogP contribution in [0.25, 0.3) is 0 Å². The molecule has 1 saturated carbocycles. The van der Waals surface area contributed by atoms with Gasteiger partial charge in [0.1, 0.15) is 11.5 Å². The molecule has 1 aliphatic carbocycles. The Balaban J connectivity index is 1.67. The van der Waals surface area contributed by atoms with Crippen LogP contribution in [0.2, 0.25) is 0 Å². The molecular weight excluding hydrogens is 212 g/mol. The van der Waals surface area contributed by atoms with Crippen molar-refractivity contribution in [3.63, 3.8) is 0 Å². The summed E-state index contributed by atoms with van der Waals surface area (Å²) in [4.78, 5) is 11.2. The molecule has 1 aliphatic heterocycles. The van der Waals surface area contributed by atoms with Crippen LogP contribution in [0.3, 0.4) is 0 Å². The molecule has 0 bridgehead atoms. The normalized spacial score (nSPS) is 20.1. The first-order chi connectivity index (χ1) is 8.31. The van der Waals surface area contributed by atoms with Gasteiger partial charge >= 0.3 is 0 Å². The smallest absolute Gasteiger partial charge is 0.132 e. The zero-order valence-electron chi connectivity index (χ0n) is 10.1. The van der Waals surface area contributed by atoms with Gasteiger partial charge < -0.3 is 4.74 Å². The highest BCUT2D eigenvalue weighted by Gasteiger charge is 2.20. The molecule has 1 heterocycles. The van der Waals surface area contributed by atoms with Gasteiger partial charge in [0.05, 0.1) is 6.61 Å². The molecule has 0 aromatic heterocycles. The maximum Gasteiger partial charge on any atom is 0.132 e. The van der Waals surface area contributed by atoms with Gasteiger partial charge in [-0.1, -0.05) is 12.1 Å². The Morgan fingerprint density at radius 1 is 1.18 bits per heavy atom. The van der Waals surface area contributed by atoms with Crippen molar-refractivity contribution in [3.8, 4) is 5.75 Å². The van der Waals surface area contributed by atoms with Gasteiger partial charge in [0.15, 0.2) is 0 Å². The second-order valence-corrected chi connectivity index (χ2v) is 5.23. The summed E-state index contributed by atoms with van der Waals surface area (Å²) in [6, 6.07) is 6.57. The van der Waals surface area contributed by atoms with Crippen molar-refractivity contribution in [1.82, 2.24) is 0 Å². The summed E-state index contributed by atoms with van der Waals surface area (Å²) < 4.78 is 5.51. The molecule has 0 atom stereocenters. The Hall–Kier alpha value is -1.31. The first kappa shape index (κ1) is 10.8. The summed E-state index contributed by atoms with van der Waals surface area (Å²) >= 11 is 0. The van der Waals surface area contributed by atoms with Gasteiger partial charge in [0.2, 0.25) is 0 Å². The predicted octanol–water partition coefficient (Wildman–Crippen LogP) is 2.92. The number of carbonyl (C=O) groups excluding carboxylic acids is 1. The lowest BCUT2D eigenvalue weighted by atomic mass is 9.84. The van der Waals surface area contributed by atoms with Crippen molar-refractivity contribution in [2.24, 2.45) is 5.92 Å². The predicted molar refractivity (Wildman–Crippen MR) is 66.3 cm³/mol. The molecule has 0 spiro atoms. The molecule has 0 saturated heterocycles. The monoisotopic (exact) mass is 230 g/mol. The van der Waals surface area contributed by atoms with E-state index in [1.54, 1.807) is 0 Å². The van der Waals surface area contributed by atoms with Gasteiger partial charge in [-0.05, 0) is 42.4 Å². The molecule has 1 aromatic rings. The van der Waals surface area contributed by atoms with Crippen molar-refractivity contribution in [3.05, 3.63) is 29.3 Å². The molecule has 2 aliphatic rings. The number of ether oxygens (including phenoxy) is 1. The molecule has 2 nitrogen and oxygen atoms in total. The summed E-state index contributed by atoms with van der Waals surface area (Å²) in [7, 11) is 0. The number of carbonyl (C=O) groups is 1. The fourth-order valence-corrected chi connectivity index (χ4v) is 2.90. The Labute approximate surface area is 102 Å². The number of rotatable bonds is 2. The van der Waals surface area contributed by atoms with Crippen molar-refractivity contribution in [2.45, 2.75) is 38.5 Å². The van der Waals surface area contributed by atoms with Crippen LogP contribution in [0.4, 0.5) is 0 Å². The van der Waals surface area contributed by atoms with Crippen molar-refractivity contribution < 1.29 is 9.53 Å². The summed E-state index contributed by atoms with van der Waals surface area (Å²) in [6.07, 6.45) is 5.91. The number of benzene rings is 1. The standard InChI is InChI=1S/C15H18O2/c16-14-4-1-11(2-5-14)9-12-3-6-15-13(10-12)7-8-17-15/h3,6,10-11H,1-2,4-5,7-9H2. The summed E-state index contributed by atoms with van der Waals surface area (Å²) in [5.41, 5.74) is 2.77. The van der Waals surface area contributed by atoms with Gasteiger partial charge in [-0.25, -0.2) is 0 Å². The Morgan fingerprint density at radius 2 is 2.00 bits per heavy atom. The molecular formula is C15H18O2. The van der Waals surface area contributed by atoms with E-state index in [0.717, 1.165) is 50.9 Å². The third-order valence-electron chi connectivity index (χ3n) is 3.94. The van der Waals surface area contributed by atoms with E-state index in [-0.39, 0.29) is 0 Å². The van der Waals surface area contributed by atoms with Crippen molar-refractivity contribution in [2.75, 3.05) is 6.61 Å². The van der Waals surface area contributed by atoms with E-state index in [9.17, 15) is 4.79 Å². The minimum Gasteiger partial charge on any atom is -0.493 e. The summed E-state index contributed by atoms with van der Waals surface area (Å²) in [5.74, 6) is 2.21. The van der Waals surface area contributed by atoms with Crippen LogP contribution in [-0.4, -0.2) is 12.4 Å². The zero-order valence-corrected chi connectivity index (χ0v) is 10.1. The van der Waals surface area contributed by atoms with Gasteiger partial charge in [-0.3, -0.25) is 4.79 Å². The number of hydrogen-bond donors (Lipinski definition) is 0. The molecule has 0 unspecified atom stereocenters. The maximum atomic E-state index is 11.2.